The number of likely N-dealkylation sites (tertiary alicyclic amines) is 1. The van der Waals surface area contributed by atoms with Crippen molar-refractivity contribution in [3.63, 3.8) is 0 Å². The molecule has 0 aromatic heterocycles. The largest absolute Gasteiger partial charge is 0.342 e. The molecule has 7 heteroatoms. The van der Waals surface area contributed by atoms with Crippen LogP contribution in [0, 0.1) is 11.6 Å². The van der Waals surface area contributed by atoms with Gasteiger partial charge in [-0.2, -0.15) is 0 Å². The number of rotatable bonds is 5. The van der Waals surface area contributed by atoms with Gasteiger partial charge in [-0.1, -0.05) is 0 Å². The summed E-state index contributed by atoms with van der Waals surface area (Å²) in [7, 11) is 0. The molecule has 23 heavy (non-hydrogen) atoms. The van der Waals surface area contributed by atoms with E-state index in [2.05, 4.69) is 10.6 Å². The second kappa shape index (κ2) is 8.57. The van der Waals surface area contributed by atoms with E-state index in [9.17, 15) is 18.4 Å². The van der Waals surface area contributed by atoms with Crippen LogP contribution in [0.15, 0.2) is 18.2 Å². The fourth-order valence-electron chi connectivity index (χ4n) is 2.65. The smallest absolute Gasteiger partial charge is 0.275 e. The first-order valence-electron chi connectivity index (χ1n) is 7.90. The Hall–Kier alpha value is -2.02. The Bertz CT molecular complexity index is 558. The molecule has 0 bridgehead atoms. The Labute approximate surface area is 134 Å². The Kier molecular flexibility index (Phi) is 6.46. The second-order valence-corrected chi connectivity index (χ2v) is 5.79. The Morgan fingerprint density at radius 3 is 2.35 bits per heavy atom. The third-order valence-electron chi connectivity index (χ3n) is 3.87. The molecule has 1 aliphatic heterocycles. The molecule has 0 aliphatic carbocycles. The monoisotopic (exact) mass is 326 g/mol. The first kappa shape index (κ1) is 17.3. The molecule has 0 atom stereocenters. The molecule has 0 spiro atoms. The standard InChI is InChI=1S/C16H21F2N3O2/c17-13-6-5-12(9-14(13)18)20-15(22)10-19-16(23)11-21-7-3-1-2-4-8-21/h5-6,9H,1-4,7-8,10-11H2,(H,19,23)(H,20,22)/p+1. The van der Waals surface area contributed by atoms with Crippen molar-refractivity contribution in [2.24, 2.45) is 0 Å². The summed E-state index contributed by atoms with van der Waals surface area (Å²) in [5.74, 6) is -2.66. The van der Waals surface area contributed by atoms with Crippen molar-refractivity contribution in [3.8, 4) is 0 Å². The molecule has 2 rings (SSSR count). The molecule has 1 aromatic rings. The molecule has 1 saturated heterocycles. The van der Waals surface area contributed by atoms with Crippen molar-refractivity contribution in [3.05, 3.63) is 29.8 Å². The number of carbonyl (C=O) groups excluding carboxylic acids is 2. The van der Waals surface area contributed by atoms with Gasteiger partial charge >= 0.3 is 0 Å². The first-order chi connectivity index (χ1) is 11.0. The van der Waals surface area contributed by atoms with Crippen molar-refractivity contribution in [1.82, 2.24) is 5.32 Å². The third kappa shape index (κ3) is 5.94. The van der Waals surface area contributed by atoms with E-state index in [4.69, 9.17) is 0 Å². The molecule has 0 unspecified atom stereocenters. The zero-order chi connectivity index (χ0) is 16.7. The molecule has 3 N–H and O–H groups in total. The predicted octanol–water partition coefficient (Wildman–Crippen LogP) is 0.478. The minimum Gasteiger partial charge on any atom is -0.342 e. The lowest BCUT2D eigenvalue weighted by Gasteiger charge is -2.16. The van der Waals surface area contributed by atoms with Crippen LogP contribution in [0.5, 0.6) is 0 Å². The lowest BCUT2D eigenvalue weighted by molar-refractivity contribution is -0.891. The molecule has 1 aromatic carbocycles. The van der Waals surface area contributed by atoms with Gasteiger partial charge in [0.15, 0.2) is 18.2 Å². The van der Waals surface area contributed by atoms with Crippen molar-refractivity contribution in [2.45, 2.75) is 25.7 Å². The SMILES string of the molecule is O=C(C[NH+]1CCCCCC1)NCC(=O)Nc1ccc(F)c(F)c1. The summed E-state index contributed by atoms with van der Waals surface area (Å²) in [6, 6.07) is 3.10. The van der Waals surface area contributed by atoms with Gasteiger partial charge in [-0.3, -0.25) is 9.59 Å². The van der Waals surface area contributed by atoms with Gasteiger partial charge in [-0.15, -0.1) is 0 Å². The molecule has 0 saturated carbocycles. The van der Waals surface area contributed by atoms with Crippen molar-refractivity contribution >= 4 is 17.5 Å². The third-order valence-corrected chi connectivity index (χ3v) is 3.87. The molecular formula is C16H22F2N3O2+. The van der Waals surface area contributed by atoms with Crippen LogP contribution < -0.4 is 15.5 Å². The van der Waals surface area contributed by atoms with E-state index in [1.165, 1.54) is 23.8 Å². The number of benzene rings is 1. The molecule has 5 nitrogen and oxygen atoms in total. The van der Waals surface area contributed by atoms with Gasteiger partial charge in [0.05, 0.1) is 19.6 Å². The zero-order valence-electron chi connectivity index (χ0n) is 13.0. The van der Waals surface area contributed by atoms with Gasteiger partial charge < -0.3 is 15.5 Å². The molecular weight excluding hydrogens is 304 g/mol. The van der Waals surface area contributed by atoms with E-state index in [0.29, 0.717) is 6.54 Å². The number of anilines is 1. The highest BCUT2D eigenvalue weighted by Gasteiger charge is 2.16. The van der Waals surface area contributed by atoms with Crippen molar-refractivity contribution in [2.75, 3.05) is 31.5 Å². The van der Waals surface area contributed by atoms with Gasteiger partial charge in [-0.25, -0.2) is 8.78 Å². The average molecular weight is 326 g/mol. The summed E-state index contributed by atoms with van der Waals surface area (Å²) in [4.78, 5) is 24.8. The van der Waals surface area contributed by atoms with E-state index in [1.54, 1.807) is 0 Å². The summed E-state index contributed by atoms with van der Waals surface area (Å²) in [5.41, 5.74) is 0.154. The minimum absolute atomic E-state index is 0.154. The van der Waals surface area contributed by atoms with E-state index in [1.807, 2.05) is 0 Å². The molecule has 2 amide bonds. The fraction of sp³-hybridized carbons (Fsp3) is 0.500. The van der Waals surface area contributed by atoms with E-state index >= 15 is 0 Å². The van der Waals surface area contributed by atoms with Gasteiger partial charge in [0.2, 0.25) is 5.91 Å². The van der Waals surface area contributed by atoms with Crippen LogP contribution in [0.25, 0.3) is 0 Å². The zero-order valence-corrected chi connectivity index (χ0v) is 13.0. The van der Waals surface area contributed by atoms with E-state index in [0.717, 1.165) is 38.1 Å². The quantitative estimate of drug-likeness (QED) is 0.737. The van der Waals surface area contributed by atoms with Crippen LogP contribution in [-0.2, 0) is 9.59 Å². The van der Waals surface area contributed by atoms with Gasteiger partial charge in [-0.05, 0) is 37.8 Å². The molecule has 1 heterocycles. The van der Waals surface area contributed by atoms with Crippen LogP contribution in [0.1, 0.15) is 25.7 Å². The van der Waals surface area contributed by atoms with Crippen molar-refractivity contribution < 1.29 is 23.3 Å². The topological polar surface area (TPSA) is 62.6 Å². The highest BCUT2D eigenvalue weighted by atomic mass is 19.2. The Morgan fingerprint density at radius 2 is 1.70 bits per heavy atom. The molecule has 126 valence electrons. The van der Waals surface area contributed by atoms with Crippen LogP contribution in [0.3, 0.4) is 0 Å². The summed E-state index contributed by atoms with van der Waals surface area (Å²) >= 11 is 0. The number of carbonyl (C=O) groups is 2. The van der Waals surface area contributed by atoms with Crippen LogP contribution in [-0.4, -0.2) is 38.0 Å². The first-order valence-corrected chi connectivity index (χ1v) is 7.90. The highest BCUT2D eigenvalue weighted by molar-refractivity contribution is 5.94. The maximum absolute atomic E-state index is 13.0. The van der Waals surface area contributed by atoms with Crippen LogP contribution in [0.4, 0.5) is 14.5 Å². The number of quaternary nitrogens is 1. The lowest BCUT2D eigenvalue weighted by atomic mass is 10.2. The number of hydrogen-bond donors (Lipinski definition) is 3. The molecule has 1 fully saturated rings. The highest BCUT2D eigenvalue weighted by Crippen LogP contribution is 2.12. The molecule has 0 radical (unpaired) electrons. The number of hydrogen-bond acceptors (Lipinski definition) is 2. The number of nitrogens with one attached hydrogen (secondary N) is 3. The maximum atomic E-state index is 13.0. The van der Waals surface area contributed by atoms with Crippen LogP contribution in [0.2, 0.25) is 0 Å². The normalized spacial score (nSPS) is 15.7. The fourth-order valence-corrected chi connectivity index (χ4v) is 2.65. The average Bonchev–Trinajstić information content (AvgIpc) is 2.78. The van der Waals surface area contributed by atoms with Crippen molar-refractivity contribution in [1.29, 1.82) is 0 Å². The number of halogens is 2. The lowest BCUT2D eigenvalue weighted by Crippen LogP contribution is -3.13. The second-order valence-electron chi connectivity index (χ2n) is 5.79. The maximum Gasteiger partial charge on any atom is 0.275 e. The predicted molar refractivity (Wildman–Crippen MR) is 82.0 cm³/mol. The van der Waals surface area contributed by atoms with E-state index < -0.39 is 17.5 Å². The van der Waals surface area contributed by atoms with Crippen LogP contribution >= 0.6 is 0 Å². The van der Waals surface area contributed by atoms with E-state index in [-0.39, 0.29) is 18.1 Å². The van der Waals surface area contributed by atoms with Gasteiger partial charge in [0.25, 0.3) is 5.91 Å². The molecule has 1 aliphatic rings. The Morgan fingerprint density at radius 1 is 1.00 bits per heavy atom. The minimum atomic E-state index is -1.03. The summed E-state index contributed by atoms with van der Waals surface area (Å²) < 4.78 is 25.8. The Balaban J connectivity index is 1.72. The number of amides is 2. The summed E-state index contributed by atoms with van der Waals surface area (Å²) in [6.07, 6.45) is 4.67. The summed E-state index contributed by atoms with van der Waals surface area (Å²) in [6.45, 7) is 2.13. The summed E-state index contributed by atoms with van der Waals surface area (Å²) in [5, 5.41) is 4.97. The van der Waals surface area contributed by atoms with Gasteiger partial charge in [0.1, 0.15) is 0 Å². The van der Waals surface area contributed by atoms with Gasteiger partial charge in [0, 0.05) is 11.8 Å².